The van der Waals surface area contributed by atoms with Gasteiger partial charge in [0.1, 0.15) is 0 Å². The Kier molecular flexibility index (Phi) is 27.1. The fraction of sp³-hybridized carbons (Fsp3) is 0.938. The Labute approximate surface area is 229 Å². The Bertz CT molecular complexity index is 507. The van der Waals surface area contributed by atoms with E-state index in [0.29, 0.717) is 12.5 Å². The van der Waals surface area contributed by atoms with E-state index >= 15 is 0 Å². The van der Waals surface area contributed by atoms with Gasteiger partial charge in [-0.1, -0.05) is 135 Å². The van der Waals surface area contributed by atoms with E-state index in [1.807, 2.05) is 0 Å². The molecule has 0 aromatic heterocycles. The zero-order valence-electron chi connectivity index (χ0n) is 24.4. The van der Waals surface area contributed by atoms with Gasteiger partial charge < -0.3 is 15.3 Å². The molecule has 0 fully saturated rings. The first-order valence-corrected chi connectivity index (χ1v) is 16.1. The van der Waals surface area contributed by atoms with Gasteiger partial charge in [-0.25, -0.2) is 0 Å². The Morgan fingerprint density at radius 3 is 1.30 bits per heavy atom. The van der Waals surface area contributed by atoms with Crippen molar-refractivity contribution in [3.05, 3.63) is 0 Å². The molecule has 0 spiro atoms. The van der Waals surface area contributed by atoms with Gasteiger partial charge in [0.05, 0.1) is 5.92 Å². The van der Waals surface area contributed by atoms with Crippen LogP contribution >= 0.6 is 0 Å². The number of aliphatic carboxylic acids is 2. The molecule has 2 atom stereocenters. The van der Waals surface area contributed by atoms with Crippen molar-refractivity contribution in [2.45, 2.75) is 174 Å². The maximum atomic E-state index is 12.2. The fourth-order valence-corrected chi connectivity index (χ4v) is 5.57. The predicted octanol–water partition coefficient (Wildman–Crippen LogP) is 9.54. The zero-order valence-corrected chi connectivity index (χ0v) is 24.4. The minimum absolute atomic E-state index is 0.182. The molecule has 0 bridgehead atoms. The molecule has 0 aromatic carbocycles. The largest absolute Gasteiger partial charge is 0.481 e. The van der Waals surface area contributed by atoms with Crippen molar-refractivity contribution in [2.24, 2.45) is 11.8 Å². The molecule has 0 aliphatic rings. The van der Waals surface area contributed by atoms with Crippen LogP contribution in [0.2, 0.25) is 0 Å². The summed E-state index contributed by atoms with van der Waals surface area (Å²) in [7, 11) is 0. The first kappa shape index (κ1) is 35.9. The first-order valence-electron chi connectivity index (χ1n) is 16.1. The lowest BCUT2D eigenvalue weighted by atomic mass is 9.80. The summed E-state index contributed by atoms with van der Waals surface area (Å²) >= 11 is 0. The molecule has 3 N–H and O–H groups in total. The van der Waals surface area contributed by atoms with Crippen molar-refractivity contribution in [1.29, 1.82) is 0 Å². The summed E-state index contributed by atoms with van der Waals surface area (Å²) < 4.78 is 0. The molecule has 2 unspecified atom stereocenters. The maximum absolute atomic E-state index is 12.2. The third-order valence-corrected chi connectivity index (χ3v) is 7.95. The SMILES string of the molecule is CCCCCC(CCCCCCCCCC(=O)O)C(CCCCCCCCCCCCCCO)C(=O)O. The Hall–Kier alpha value is -1.10. The molecule has 0 saturated heterocycles. The van der Waals surface area contributed by atoms with Crippen LogP contribution in [0.5, 0.6) is 0 Å². The number of rotatable bonds is 30. The van der Waals surface area contributed by atoms with Gasteiger partial charge in [-0.2, -0.15) is 0 Å². The molecule has 0 amide bonds. The van der Waals surface area contributed by atoms with Gasteiger partial charge in [0.25, 0.3) is 0 Å². The second-order valence-electron chi connectivity index (χ2n) is 11.4. The normalized spacial score (nSPS) is 13.0. The molecule has 5 heteroatoms. The van der Waals surface area contributed by atoms with E-state index in [1.165, 1.54) is 70.6 Å². The quantitative estimate of drug-likeness (QED) is 0.0810. The van der Waals surface area contributed by atoms with Gasteiger partial charge >= 0.3 is 11.9 Å². The second-order valence-corrected chi connectivity index (χ2v) is 11.4. The number of aliphatic hydroxyl groups is 1. The van der Waals surface area contributed by atoms with E-state index in [4.69, 9.17) is 10.2 Å². The molecule has 37 heavy (non-hydrogen) atoms. The minimum atomic E-state index is -0.699. The number of carboxylic acids is 2. The van der Waals surface area contributed by atoms with Crippen molar-refractivity contribution in [1.82, 2.24) is 0 Å². The molecule has 220 valence electrons. The summed E-state index contributed by atoms with van der Waals surface area (Å²) in [6, 6.07) is 0. The van der Waals surface area contributed by atoms with Crippen molar-refractivity contribution < 1.29 is 24.9 Å². The lowest BCUT2D eigenvalue weighted by molar-refractivity contribution is -0.144. The van der Waals surface area contributed by atoms with Crippen molar-refractivity contribution >= 4 is 11.9 Å². The second kappa shape index (κ2) is 27.9. The van der Waals surface area contributed by atoms with Gasteiger partial charge in [-0.15, -0.1) is 0 Å². The van der Waals surface area contributed by atoms with Gasteiger partial charge in [0, 0.05) is 13.0 Å². The summed E-state index contributed by atoms with van der Waals surface area (Å²) in [4.78, 5) is 22.7. The molecule has 0 saturated carbocycles. The first-order chi connectivity index (χ1) is 18.0. The van der Waals surface area contributed by atoms with E-state index in [-0.39, 0.29) is 12.3 Å². The number of hydrogen-bond donors (Lipinski definition) is 3. The van der Waals surface area contributed by atoms with Gasteiger partial charge in [0.15, 0.2) is 0 Å². The highest BCUT2D eigenvalue weighted by atomic mass is 16.4. The summed E-state index contributed by atoms with van der Waals surface area (Å²) in [5.41, 5.74) is 0. The third-order valence-electron chi connectivity index (χ3n) is 7.95. The van der Waals surface area contributed by atoms with Crippen LogP contribution in [0.15, 0.2) is 0 Å². The maximum Gasteiger partial charge on any atom is 0.306 e. The molecular formula is C32H62O5. The van der Waals surface area contributed by atoms with E-state index < -0.39 is 11.9 Å². The van der Waals surface area contributed by atoms with Gasteiger partial charge in [-0.3, -0.25) is 9.59 Å². The van der Waals surface area contributed by atoms with Crippen molar-refractivity contribution in [2.75, 3.05) is 6.61 Å². The average molecular weight is 527 g/mol. The smallest absolute Gasteiger partial charge is 0.306 e. The highest BCUT2D eigenvalue weighted by Crippen LogP contribution is 2.30. The van der Waals surface area contributed by atoms with E-state index in [0.717, 1.165) is 89.9 Å². The molecule has 0 radical (unpaired) electrons. The summed E-state index contributed by atoms with van der Waals surface area (Å²) in [5, 5.41) is 27.5. The van der Waals surface area contributed by atoms with Crippen LogP contribution in [0.3, 0.4) is 0 Å². The van der Waals surface area contributed by atoms with Gasteiger partial charge in [-0.05, 0) is 38.0 Å². The number of carboxylic acid groups (broad SMARTS) is 2. The summed E-state index contributed by atoms with van der Waals surface area (Å²) in [6.45, 7) is 2.53. The third kappa shape index (κ3) is 25.0. The van der Waals surface area contributed by atoms with Crippen LogP contribution in [0, 0.1) is 11.8 Å². The number of unbranched alkanes of at least 4 members (excludes halogenated alkanes) is 19. The van der Waals surface area contributed by atoms with Crippen LogP contribution in [-0.4, -0.2) is 33.9 Å². The zero-order chi connectivity index (χ0) is 27.4. The van der Waals surface area contributed by atoms with Crippen LogP contribution in [0.4, 0.5) is 0 Å². The Morgan fingerprint density at radius 1 is 0.514 bits per heavy atom. The molecular weight excluding hydrogens is 464 g/mol. The van der Waals surface area contributed by atoms with Crippen LogP contribution in [-0.2, 0) is 9.59 Å². The highest BCUT2D eigenvalue weighted by molar-refractivity contribution is 5.70. The Balaban J connectivity index is 4.07. The van der Waals surface area contributed by atoms with Gasteiger partial charge in [0.2, 0.25) is 0 Å². The van der Waals surface area contributed by atoms with Crippen LogP contribution < -0.4 is 0 Å². The fourth-order valence-electron chi connectivity index (χ4n) is 5.57. The lowest BCUT2D eigenvalue weighted by Gasteiger charge is -2.24. The highest BCUT2D eigenvalue weighted by Gasteiger charge is 2.26. The monoisotopic (exact) mass is 526 g/mol. The Morgan fingerprint density at radius 2 is 0.892 bits per heavy atom. The number of carbonyl (C=O) groups is 2. The molecule has 0 aromatic rings. The molecule has 0 aliphatic carbocycles. The molecule has 0 aliphatic heterocycles. The standard InChI is InChI=1S/C32H62O5/c1-2-3-19-24-29(25-20-15-11-10-13-17-22-27-31(34)35)30(32(36)37)26-21-16-12-8-6-4-5-7-9-14-18-23-28-33/h29-30,33H,2-28H2,1H3,(H,34,35)(H,36,37). The van der Waals surface area contributed by atoms with E-state index in [9.17, 15) is 14.7 Å². The molecule has 5 nitrogen and oxygen atoms in total. The number of aliphatic hydroxyl groups excluding tert-OH is 1. The van der Waals surface area contributed by atoms with Crippen LogP contribution in [0.1, 0.15) is 174 Å². The number of hydrogen-bond acceptors (Lipinski definition) is 3. The van der Waals surface area contributed by atoms with E-state index in [1.54, 1.807) is 0 Å². The average Bonchev–Trinajstić information content (AvgIpc) is 2.87. The predicted molar refractivity (Wildman–Crippen MR) is 155 cm³/mol. The van der Waals surface area contributed by atoms with E-state index in [2.05, 4.69) is 6.92 Å². The van der Waals surface area contributed by atoms with Crippen molar-refractivity contribution in [3.8, 4) is 0 Å². The molecule has 0 heterocycles. The summed E-state index contributed by atoms with van der Waals surface area (Å²) in [5.74, 6) is -1.15. The topological polar surface area (TPSA) is 94.8 Å². The molecule has 0 rings (SSSR count). The van der Waals surface area contributed by atoms with Crippen LogP contribution in [0.25, 0.3) is 0 Å². The van der Waals surface area contributed by atoms with Crippen molar-refractivity contribution in [3.63, 3.8) is 0 Å². The minimum Gasteiger partial charge on any atom is -0.481 e. The summed E-state index contributed by atoms with van der Waals surface area (Å²) in [6.07, 6.45) is 28.9. The lowest BCUT2D eigenvalue weighted by Crippen LogP contribution is -2.24.